The van der Waals surface area contributed by atoms with E-state index in [4.69, 9.17) is 15.2 Å². The predicted octanol–water partition coefficient (Wildman–Crippen LogP) is 5.93. The Labute approximate surface area is 293 Å². The number of rotatable bonds is 8. The second-order valence-electron chi connectivity index (χ2n) is 16.0. The number of nitrogens with one attached hydrogen (secondary N) is 1. The Morgan fingerprint density at radius 1 is 1.02 bits per heavy atom. The lowest BCUT2D eigenvalue weighted by atomic mass is 9.42. The molecule has 3 fully saturated rings. The number of hydrogen-bond donors (Lipinski definition) is 2. The summed E-state index contributed by atoms with van der Waals surface area (Å²) in [7, 11) is 0. The summed E-state index contributed by atoms with van der Waals surface area (Å²) in [5.74, 6) is 0.340. The van der Waals surface area contributed by atoms with Gasteiger partial charge in [-0.05, 0) is 110 Å². The van der Waals surface area contributed by atoms with E-state index in [0.717, 1.165) is 85.8 Å². The van der Waals surface area contributed by atoms with Crippen LogP contribution >= 0.6 is 0 Å². The van der Waals surface area contributed by atoms with Crippen molar-refractivity contribution in [3.63, 3.8) is 0 Å². The third kappa shape index (κ3) is 4.24. The van der Waals surface area contributed by atoms with Gasteiger partial charge in [0, 0.05) is 48.2 Å². The van der Waals surface area contributed by atoms with Gasteiger partial charge in [-0.25, -0.2) is 9.59 Å². The molecule has 50 heavy (non-hydrogen) atoms. The normalized spacial score (nSPS) is 34.9. The minimum absolute atomic E-state index is 0.0285. The van der Waals surface area contributed by atoms with E-state index >= 15 is 0 Å². The fourth-order valence-corrected chi connectivity index (χ4v) is 12.0. The lowest BCUT2D eigenvalue weighted by Crippen LogP contribution is -2.55. The Balaban J connectivity index is 1.26. The highest BCUT2D eigenvalue weighted by Crippen LogP contribution is 2.73. The van der Waals surface area contributed by atoms with Gasteiger partial charge in [-0.15, -0.1) is 0 Å². The summed E-state index contributed by atoms with van der Waals surface area (Å²) < 4.78 is 12.8. The monoisotopic (exact) mass is 677 g/mol. The zero-order valence-corrected chi connectivity index (χ0v) is 29.1. The molecule has 1 spiro atoms. The second-order valence-corrected chi connectivity index (χ2v) is 16.0. The largest absolute Gasteiger partial charge is 0.427 e. The van der Waals surface area contributed by atoms with Crippen LogP contribution in [0.4, 0.5) is 0 Å². The van der Waals surface area contributed by atoms with Gasteiger partial charge in [0.15, 0.2) is 0 Å². The molecule has 1 saturated heterocycles. The number of nitrogens with two attached hydrogens (primary N) is 1. The molecule has 0 radical (unpaired) electrons. The maximum atomic E-state index is 14.5. The molecule has 4 heterocycles. The zero-order valence-electron chi connectivity index (χ0n) is 29.1. The maximum absolute atomic E-state index is 14.5. The summed E-state index contributed by atoms with van der Waals surface area (Å²) in [6.07, 6.45) is 20.5. The Morgan fingerprint density at radius 3 is 2.52 bits per heavy atom. The third-order valence-electron chi connectivity index (χ3n) is 14.1. The number of carbonyl (C=O) groups is 4. The molecule has 2 bridgehead atoms. The number of nitrogens with zero attached hydrogens (tertiary/aromatic N) is 1. The molecule has 9 heteroatoms. The molecule has 10 aliphatic rings. The van der Waals surface area contributed by atoms with E-state index in [-0.39, 0.29) is 59.4 Å². The smallest absolute Gasteiger partial charge is 0.340 e. The van der Waals surface area contributed by atoms with Gasteiger partial charge < -0.3 is 20.5 Å². The number of cyclic esters (lactones) is 1. The molecule has 0 aromatic heterocycles. The van der Waals surface area contributed by atoms with Crippen LogP contribution in [0.3, 0.4) is 0 Å². The van der Waals surface area contributed by atoms with Crippen LogP contribution in [0.2, 0.25) is 0 Å². The molecular formula is C41H47N3O6. The first-order chi connectivity index (χ1) is 24.2. The van der Waals surface area contributed by atoms with Gasteiger partial charge in [0.2, 0.25) is 0 Å². The van der Waals surface area contributed by atoms with E-state index in [1.54, 1.807) is 0 Å². The number of amides is 2. The number of dihydropyridines is 1. The van der Waals surface area contributed by atoms with Gasteiger partial charge in [0.1, 0.15) is 11.5 Å². The molecule has 6 atom stereocenters. The Morgan fingerprint density at radius 2 is 1.80 bits per heavy atom. The van der Waals surface area contributed by atoms with Crippen LogP contribution < -0.4 is 11.1 Å². The summed E-state index contributed by atoms with van der Waals surface area (Å²) >= 11 is 0. The number of esters is 2. The molecule has 9 nitrogen and oxygen atoms in total. The Bertz CT molecular complexity index is 1830. The molecule has 2 saturated carbocycles. The van der Waals surface area contributed by atoms with E-state index in [9.17, 15) is 19.2 Å². The summed E-state index contributed by atoms with van der Waals surface area (Å²) in [6, 6.07) is 0. The highest BCUT2D eigenvalue weighted by Gasteiger charge is 2.70. The van der Waals surface area contributed by atoms with E-state index in [1.807, 2.05) is 6.08 Å². The van der Waals surface area contributed by atoms with Crippen molar-refractivity contribution in [1.82, 2.24) is 10.2 Å². The van der Waals surface area contributed by atoms with Gasteiger partial charge >= 0.3 is 11.9 Å². The molecule has 4 aliphatic heterocycles. The number of fused-ring (bicyclic) bond motifs is 1. The maximum Gasteiger partial charge on any atom is 0.340 e. The lowest BCUT2D eigenvalue weighted by molar-refractivity contribution is -0.138. The Kier molecular flexibility index (Phi) is 7.28. The average Bonchev–Trinajstić information content (AvgIpc) is 3.88. The second kappa shape index (κ2) is 11.4. The average molecular weight is 678 g/mol. The first kappa shape index (κ1) is 31.8. The molecule has 10 rings (SSSR count). The predicted molar refractivity (Wildman–Crippen MR) is 185 cm³/mol. The fourth-order valence-electron chi connectivity index (χ4n) is 12.0. The minimum atomic E-state index is -0.811. The Hall–Kier alpha value is -4.14. The number of allylic oxidation sites excluding steroid dienone is 5. The summed E-state index contributed by atoms with van der Waals surface area (Å²) in [5, 5.41) is 3.15. The van der Waals surface area contributed by atoms with E-state index in [1.165, 1.54) is 35.5 Å². The van der Waals surface area contributed by atoms with Crippen LogP contribution in [-0.4, -0.2) is 41.7 Å². The quantitative estimate of drug-likeness (QED) is 0.239. The van der Waals surface area contributed by atoms with E-state index < -0.39 is 11.3 Å². The van der Waals surface area contributed by atoms with Gasteiger partial charge in [0.25, 0.3) is 11.8 Å². The van der Waals surface area contributed by atoms with E-state index in [0.29, 0.717) is 30.1 Å². The van der Waals surface area contributed by atoms with Crippen molar-refractivity contribution in [2.45, 2.75) is 90.9 Å². The van der Waals surface area contributed by atoms with Crippen molar-refractivity contribution in [3.05, 3.63) is 81.2 Å². The molecule has 3 N–H and O–H groups in total. The molecule has 0 aromatic carbocycles. The number of hydrogen-bond acceptors (Lipinski definition) is 8. The highest BCUT2D eigenvalue weighted by atomic mass is 16.6. The lowest BCUT2D eigenvalue weighted by Gasteiger charge is -2.58. The number of unbranched alkanes of at least 4 members (excludes halogenated alkanes) is 1. The molecular weight excluding hydrogens is 630 g/mol. The van der Waals surface area contributed by atoms with Crippen LogP contribution in [0.25, 0.3) is 0 Å². The first-order valence-corrected chi connectivity index (χ1v) is 19.0. The van der Waals surface area contributed by atoms with Crippen LogP contribution in [0.5, 0.6) is 0 Å². The van der Waals surface area contributed by atoms with Crippen molar-refractivity contribution in [2.75, 3.05) is 13.1 Å². The standard InChI is InChI=1S/C41H47N3O6/c1-3-5-8-28-41-17-13-24(25-19-23-9-10-27(40(4-2)15-6-7-16-40)37-32(23)34(35(25)41)38(47)50-37)33(36(41)39(48)49-28)26(22-14-18-43-29(42)20-22)21-44-30(45)11-12-31(44)46/h8,11-12,14,20,23-26,35,43H,3-7,9-10,13,15-19,21,42H2,1-2H3/b28-8-/t23-,24+,25+,26-,35-,41+/m1/s1. The molecule has 0 aromatic rings. The van der Waals surface area contributed by atoms with Crippen molar-refractivity contribution in [1.29, 1.82) is 0 Å². The third-order valence-corrected chi connectivity index (χ3v) is 14.1. The molecule has 262 valence electrons. The number of carbonyl (C=O) groups excluding carboxylic acids is 4. The van der Waals surface area contributed by atoms with Crippen molar-refractivity contribution in [2.24, 2.45) is 46.2 Å². The summed E-state index contributed by atoms with van der Waals surface area (Å²) in [5.41, 5.74) is 11.4. The van der Waals surface area contributed by atoms with Crippen LogP contribution in [-0.2, 0) is 28.7 Å². The van der Waals surface area contributed by atoms with Crippen LogP contribution in [0.15, 0.2) is 81.2 Å². The summed E-state index contributed by atoms with van der Waals surface area (Å²) in [6.45, 7) is 5.01. The van der Waals surface area contributed by atoms with Crippen molar-refractivity contribution < 1.29 is 28.7 Å². The van der Waals surface area contributed by atoms with Crippen molar-refractivity contribution in [3.8, 4) is 0 Å². The minimum Gasteiger partial charge on any atom is -0.427 e. The number of ether oxygens (including phenoxy) is 2. The first-order valence-electron chi connectivity index (χ1n) is 19.0. The summed E-state index contributed by atoms with van der Waals surface area (Å²) in [4.78, 5) is 56.2. The highest BCUT2D eigenvalue weighted by molar-refractivity contribution is 6.13. The van der Waals surface area contributed by atoms with Gasteiger partial charge in [-0.3, -0.25) is 14.5 Å². The fraction of sp³-hybridized carbons (Fsp3) is 0.561. The molecule has 0 unspecified atom stereocenters. The topological polar surface area (TPSA) is 128 Å². The van der Waals surface area contributed by atoms with Gasteiger partial charge in [-0.1, -0.05) is 39.2 Å². The van der Waals surface area contributed by atoms with Crippen LogP contribution in [0, 0.1) is 40.4 Å². The SMILES string of the molecule is CCC/C=C1\OC(=O)C2=C([C@H](CN3C(=O)C=CC3=O)C3=CCNC(N)=C3)[C@H]3CC[C@]21[C@H]1C2=C4C(=C(C5(CC)CCCC5)CC[C@@H]4C[C@@H]31)OC2=O. The van der Waals surface area contributed by atoms with Gasteiger partial charge in [0.05, 0.1) is 16.8 Å². The number of imide groups is 1. The molecule has 2 amide bonds. The van der Waals surface area contributed by atoms with Crippen molar-refractivity contribution >= 4 is 23.8 Å². The van der Waals surface area contributed by atoms with Crippen LogP contribution in [0.1, 0.15) is 90.9 Å². The van der Waals surface area contributed by atoms with E-state index in [2.05, 4.69) is 31.3 Å². The van der Waals surface area contributed by atoms with Gasteiger partial charge in [-0.2, -0.15) is 0 Å². The molecule has 6 aliphatic carbocycles. The zero-order chi connectivity index (χ0) is 34.5.